The van der Waals surface area contributed by atoms with Crippen LogP contribution >= 0.6 is 12.4 Å². The van der Waals surface area contributed by atoms with Gasteiger partial charge in [-0.15, -0.1) is 12.4 Å². The lowest BCUT2D eigenvalue weighted by Crippen LogP contribution is -2.38. The van der Waals surface area contributed by atoms with Crippen LogP contribution in [-0.4, -0.2) is 48.1 Å². The van der Waals surface area contributed by atoms with Crippen LogP contribution in [0.3, 0.4) is 0 Å². The molecule has 1 atom stereocenters. The lowest BCUT2D eigenvalue weighted by atomic mass is 10.1. The van der Waals surface area contributed by atoms with Gasteiger partial charge >= 0.3 is 0 Å². The number of piperidine rings is 1. The van der Waals surface area contributed by atoms with E-state index >= 15 is 0 Å². The summed E-state index contributed by atoms with van der Waals surface area (Å²) < 4.78 is 5.56. The number of aliphatic hydroxyl groups excluding tert-OH is 1. The van der Waals surface area contributed by atoms with E-state index in [1.807, 2.05) is 0 Å². The number of ether oxygens (including phenoxy) is 1. The maximum absolute atomic E-state index is 11.2. The Hall–Kier alpha value is -1.10. The Labute approximate surface area is 132 Å². The molecule has 1 N–H and O–H groups in total. The Morgan fingerprint density at radius 2 is 1.86 bits per heavy atom. The second-order valence-electron chi connectivity index (χ2n) is 5.41. The second kappa shape index (κ2) is 9.03. The molecule has 4 nitrogen and oxygen atoms in total. The van der Waals surface area contributed by atoms with Crippen molar-refractivity contribution in [2.45, 2.75) is 32.3 Å². The molecule has 118 valence electrons. The van der Waals surface area contributed by atoms with Gasteiger partial charge in [0.05, 0.1) is 0 Å². The Balaban J connectivity index is 0.00000220. The minimum atomic E-state index is -0.472. The number of ketones is 1. The molecule has 1 aromatic rings. The molecule has 0 radical (unpaired) electrons. The minimum Gasteiger partial charge on any atom is -0.491 e. The number of halogens is 1. The summed E-state index contributed by atoms with van der Waals surface area (Å²) in [5.41, 5.74) is 0.672. The predicted octanol–water partition coefficient (Wildman–Crippen LogP) is 2.54. The van der Waals surface area contributed by atoms with E-state index in [1.54, 1.807) is 24.3 Å². The number of carbonyl (C=O) groups is 1. The highest BCUT2D eigenvalue weighted by Crippen LogP contribution is 2.13. The van der Waals surface area contributed by atoms with Crippen molar-refractivity contribution < 1.29 is 14.6 Å². The van der Waals surface area contributed by atoms with E-state index in [4.69, 9.17) is 4.74 Å². The largest absolute Gasteiger partial charge is 0.491 e. The first-order valence-corrected chi connectivity index (χ1v) is 7.29. The van der Waals surface area contributed by atoms with Gasteiger partial charge in [-0.3, -0.25) is 4.79 Å². The lowest BCUT2D eigenvalue weighted by molar-refractivity contribution is 0.0617. The Kier molecular flexibility index (Phi) is 7.72. The Morgan fingerprint density at radius 3 is 2.43 bits per heavy atom. The first-order valence-electron chi connectivity index (χ1n) is 7.29. The number of hydrogen-bond donors (Lipinski definition) is 1. The van der Waals surface area contributed by atoms with Gasteiger partial charge in [0.25, 0.3) is 0 Å². The number of β-amino-alcohol motifs (C(OH)–C–C–N with tert-alkyl or cyclic N) is 1. The van der Waals surface area contributed by atoms with Crippen molar-refractivity contribution in [2.24, 2.45) is 0 Å². The van der Waals surface area contributed by atoms with Crippen molar-refractivity contribution in [2.75, 3.05) is 26.2 Å². The third-order valence-corrected chi connectivity index (χ3v) is 3.62. The zero-order valence-corrected chi connectivity index (χ0v) is 13.3. The number of aliphatic hydroxyl groups is 1. The monoisotopic (exact) mass is 313 g/mol. The van der Waals surface area contributed by atoms with Gasteiger partial charge in [0.15, 0.2) is 5.78 Å². The standard InChI is InChI=1S/C16H23NO3.ClH/c1-13(18)14-5-7-16(8-6-14)20-12-15(19)11-17-9-3-2-4-10-17;/h5-8,15,19H,2-4,9-12H2,1H3;1H. The van der Waals surface area contributed by atoms with Gasteiger partial charge in [0.1, 0.15) is 18.5 Å². The molecule has 0 aromatic heterocycles. The summed E-state index contributed by atoms with van der Waals surface area (Å²) in [4.78, 5) is 13.4. The third kappa shape index (κ3) is 6.04. The van der Waals surface area contributed by atoms with Crippen molar-refractivity contribution in [3.8, 4) is 5.75 Å². The first-order chi connectivity index (χ1) is 9.65. The average molecular weight is 314 g/mol. The van der Waals surface area contributed by atoms with E-state index in [-0.39, 0.29) is 24.8 Å². The Bertz CT molecular complexity index is 430. The molecule has 0 saturated carbocycles. The van der Waals surface area contributed by atoms with Gasteiger partial charge in [-0.25, -0.2) is 0 Å². The number of carbonyl (C=O) groups excluding carboxylic acids is 1. The van der Waals surface area contributed by atoms with Crippen LogP contribution in [0.1, 0.15) is 36.5 Å². The van der Waals surface area contributed by atoms with Gasteiger partial charge in [0.2, 0.25) is 0 Å². The summed E-state index contributed by atoms with van der Waals surface area (Å²) in [6, 6.07) is 7.03. The molecule has 1 fully saturated rings. The summed E-state index contributed by atoms with van der Waals surface area (Å²) in [5, 5.41) is 9.98. The summed E-state index contributed by atoms with van der Waals surface area (Å²) in [7, 11) is 0. The molecule has 1 heterocycles. The van der Waals surface area contributed by atoms with E-state index < -0.39 is 6.10 Å². The van der Waals surface area contributed by atoms with E-state index in [0.29, 0.717) is 17.9 Å². The normalized spacial score (nSPS) is 16.9. The summed E-state index contributed by atoms with van der Waals surface area (Å²) in [6.45, 7) is 4.65. The Morgan fingerprint density at radius 1 is 1.24 bits per heavy atom. The average Bonchev–Trinajstić information content (AvgIpc) is 2.46. The highest BCUT2D eigenvalue weighted by atomic mass is 35.5. The van der Waals surface area contributed by atoms with Gasteiger partial charge in [-0.2, -0.15) is 0 Å². The molecule has 1 saturated heterocycles. The van der Waals surface area contributed by atoms with Crippen molar-refractivity contribution in [1.29, 1.82) is 0 Å². The molecular formula is C16H24ClNO3. The fraction of sp³-hybridized carbons (Fsp3) is 0.562. The van der Waals surface area contributed by atoms with Crippen LogP contribution in [-0.2, 0) is 0 Å². The molecule has 1 aliphatic rings. The van der Waals surface area contributed by atoms with Gasteiger partial charge in [-0.1, -0.05) is 6.42 Å². The third-order valence-electron chi connectivity index (χ3n) is 3.62. The number of benzene rings is 1. The van der Waals surface area contributed by atoms with Crippen LogP contribution < -0.4 is 4.74 Å². The molecule has 0 amide bonds. The summed E-state index contributed by atoms with van der Waals surface area (Å²) in [6.07, 6.45) is 3.27. The maximum Gasteiger partial charge on any atom is 0.159 e. The maximum atomic E-state index is 11.2. The van der Waals surface area contributed by atoms with Gasteiger partial charge in [-0.05, 0) is 57.1 Å². The molecule has 0 spiro atoms. The molecular weight excluding hydrogens is 290 g/mol. The molecule has 0 aliphatic carbocycles. The smallest absolute Gasteiger partial charge is 0.159 e. The predicted molar refractivity (Wildman–Crippen MR) is 85.5 cm³/mol. The molecule has 5 heteroatoms. The number of nitrogens with zero attached hydrogens (tertiary/aromatic N) is 1. The topological polar surface area (TPSA) is 49.8 Å². The zero-order chi connectivity index (χ0) is 14.4. The van der Waals surface area contributed by atoms with Crippen LogP contribution in [0.2, 0.25) is 0 Å². The number of likely N-dealkylation sites (tertiary alicyclic amines) is 1. The molecule has 21 heavy (non-hydrogen) atoms. The molecule has 1 aliphatic heterocycles. The van der Waals surface area contributed by atoms with Crippen molar-refractivity contribution >= 4 is 18.2 Å². The van der Waals surface area contributed by atoms with Crippen molar-refractivity contribution in [3.63, 3.8) is 0 Å². The van der Waals surface area contributed by atoms with Crippen molar-refractivity contribution in [1.82, 2.24) is 4.90 Å². The number of rotatable bonds is 6. The summed E-state index contributed by atoms with van der Waals surface area (Å²) in [5.74, 6) is 0.731. The van der Waals surface area contributed by atoms with Gasteiger partial charge in [0, 0.05) is 12.1 Å². The molecule has 2 rings (SSSR count). The fourth-order valence-electron chi connectivity index (χ4n) is 2.47. The van der Waals surface area contributed by atoms with Crippen LogP contribution in [0.15, 0.2) is 24.3 Å². The zero-order valence-electron chi connectivity index (χ0n) is 12.5. The lowest BCUT2D eigenvalue weighted by Gasteiger charge is -2.28. The quantitative estimate of drug-likeness (QED) is 0.820. The van der Waals surface area contributed by atoms with E-state index in [2.05, 4.69) is 4.90 Å². The SMILES string of the molecule is CC(=O)c1ccc(OCC(O)CN2CCCCC2)cc1.Cl. The summed E-state index contributed by atoms with van der Waals surface area (Å²) >= 11 is 0. The highest BCUT2D eigenvalue weighted by Gasteiger charge is 2.15. The molecule has 1 aromatic carbocycles. The fourth-order valence-corrected chi connectivity index (χ4v) is 2.47. The van der Waals surface area contributed by atoms with E-state index in [0.717, 1.165) is 13.1 Å². The van der Waals surface area contributed by atoms with Crippen LogP contribution in [0.25, 0.3) is 0 Å². The van der Waals surface area contributed by atoms with Crippen LogP contribution in [0.4, 0.5) is 0 Å². The van der Waals surface area contributed by atoms with Crippen molar-refractivity contribution in [3.05, 3.63) is 29.8 Å². The first kappa shape index (κ1) is 18.0. The minimum absolute atomic E-state index is 0. The van der Waals surface area contributed by atoms with Crippen LogP contribution in [0, 0.1) is 0 Å². The molecule has 1 unspecified atom stereocenters. The number of hydrogen-bond acceptors (Lipinski definition) is 4. The van der Waals surface area contributed by atoms with Crippen LogP contribution in [0.5, 0.6) is 5.75 Å². The van der Waals surface area contributed by atoms with Gasteiger partial charge < -0.3 is 14.7 Å². The number of Topliss-reactive ketones (excluding diaryl/α,β-unsaturated/α-hetero) is 1. The van der Waals surface area contributed by atoms with E-state index in [9.17, 15) is 9.90 Å². The molecule has 0 bridgehead atoms. The highest BCUT2D eigenvalue weighted by molar-refractivity contribution is 5.94. The second-order valence-corrected chi connectivity index (χ2v) is 5.41. The van der Waals surface area contributed by atoms with E-state index in [1.165, 1.54) is 26.2 Å².